The fraction of sp³-hybridized carbons (Fsp3) is 0.900. The zero-order valence-corrected chi connectivity index (χ0v) is 9.34. The molecule has 0 aliphatic heterocycles. The largest absolute Gasteiger partial charge is 0.396 e. The molecule has 0 fully saturated rings. The number of carbonyl (C=O) groups excluding carboxylic acids is 1. The molecule has 2 unspecified atom stereocenters. The van der Waals surface area contributed by atoms with E-state index in [1.807, 2.05) is 20.8 Å². The third kappa shape index (κ3) is 5.94. The van der Waals surface area contributed by atoms with Crippen molar-refractivity contribution in [1.82, 2.24) is 10.6 Å². The van der Waals surface area contributed by atoms with Crippen molar-refractivity contribution in [2.45, 2.75) is 45.7 Å². The predicted octanol–water partition coefficient (Wildman–Crippen LogP) is 0.262. The molecule has 4 heteroatoms. The first-order chi connectivity index (χ1) is 6.61. The molecular formula is C10H22N2O2. The van der Waals surface area contributed by atoms with Crippen molar-refractivity contribution in [2.24, 2.45) is 0 Å². The molecule has 0 heterocycles. The van der Waals surface area contributed by atoms with Crippen LogP contribution in [0.5, 0.6) is 0 Å². The Morgan fingerprint density at radius 2 is 2.07 bits per heavy atom. The summed E-state index contributed by atoms with van der Waals surface area (Å²) in [5, 5.41) is 14.6. The van der Waals surface area contributed by atoms with Crippen LogP contribution >= 0.6 is 0 Å². The van der Waals surface area contributed by atoms with Gasteiger partial charge in [0, 0.05) is 19.2 Å². The number of carbonyl (C=O) groups is 1. The van der Waals surface area contributed by atoms with Gasteiger partial charge in [-0.25, -0.2) is 0 Å². The lowest BCUT2D eigenvalue weighted by Crippen LogP contribution is -2.45. The molecule has 0 aliphatic carbocycles. The Balaban J connectivity index is 3.68. The molecule has 0 radical (unpaired) electrons. The van der Waals surface area contributed by atoms with Gasteiger partial charge >= 0.3 is 0 Å². The van der Waals surface area contributed by atoms with E-state index in [1.54, 1.807) is 0 Å². The Morgan fingerprint density at radius 3 is 2.57 bits per heavy atom. The highest BCUT2D eigenvalue weighted by Crippen LogP contribution is 1.97. The minimum Gasteiger partial charge on any atom is -0.396 e. The molecule has 4 nitrogen and oxygen atoms in total. The second-order valence-corrected chi connectivity index (χ2v) is 3.55. The maximum Gasteiger partial charge on any atom is 0.236 e. The molecule has 1 amide bonds. The number of amides is 1. The molecule has 0 aromatic rings. The molecule has 3 N–H and O–H groups in total. The van der Waals surface area contributed by atoms with E-state index >= 15 is 0 Å². The average Bonchev–Trinajstić information content (AvgIpc) is 2.15. The fourth-order valence-corrected chi connectivity index (χ4v) is 1.31. The summed E-state index contributed by atoms with van der Waals surface area (Å²) in [6, 6.07) is 0.100. The number of likely N-dealkylation sites (N-methyl/N-ethyl adjacent to an activating group) is 1. The molecular weight excluding hydrogens is 180 g/mol. The van der Waals surface area contributed by atoms with Crippen molar-refractivity contribution in [3.05, 3.63) is 0 Å². The summed E-state index contributed by atoms with van der Waals surface area (Å²) in [6.45, 7) is 6.64. The van der Waals surface area contributed by atoms with Gasteiger partial charge in [-0.05, 0) is 33.6 Å². The Labute approximate surface area is 86.1 Å². The molecule has 0 rings (SSSR count). The van der Waals surface area contributed by atoms with Crippen LogP contribution in [0.15, 0.2) is 0 Å². The predicted molar refractivity (Wildman–Crippen MR) is 57.1 cm³/mol. The van der Waals surface area contributed by atoms with Crippen LogP contribution in [0.2, 0.25) is 0 Å². The summed E-state index contributed by atoms with van der Waals surface area (Å²) in [4.78, 5) is 11.3. The second kappa shape index (κ2) is 7.76. The van der Waals surface area contributed by atoms with Gasteiger partial charge in [-0.15, -0.1) is 0 Å². The SMILES string of the molecule is CCNC(=O)C(C)NC(C)CCCO. The van der Waals surface area contributed by atoms with Crippen molar-refractivity contribution in [2.75, 3.05) is 13.2 Å². The van der Waals surface area contributed by atoms with Crippen LogP contribution in [-0.4, -0.2) is 36.2 Å². The van der Waals surface area contributed by atoms with E-state index in [4.69, 9.17) is 5.11 Å². The third-order valence-electron chi connectivity index (χ3n) is 2.07. The zero-order valence-electron chi connectivity index (χ0n) is 9.34. The number of nitrogens with one attached hydrogen (secondary N) is 2. The third-order valence-corrected chi connectivity index (χ3v) is 2.07. The molecule has 0 aromatic carbocycles. The Kier molecular flexibility index (Phi) is 7.42. The summed E-state index contributed by atoms with van der Waals surface area (Å²) in [5.74, 6) is 0.0309. The summed E-state index contributed by atoms with van der Waals surface area (Å²) in [5.41, 5.74) is 0. The number of rotatable bonds is 7. The van der Waals surface area contributed by atoms with Gasteiger partial charge in [-0.1, -0.05) is 0 Å². The second-order valence-electron chi connectivity index (χ2n) is 3.55. The van der Waals surface area contributed by atoms with Gasteiger partial charge in [0.1, 0.15) is 0 Å². The zero-order chi connectivity index (χ0) is 11.0. The highest BCUT2D eigenvalue weighted by atomic mass is 16.2. The molecule has 2 atom stereocenters. The number of aliphatic hydroxyl groups excluding tert-OH is 1. The van der Waals surface area contributed by atoms with E-state index in [2.05, 4.69) is 10.6 Å². The number of hydrogen-bond donors (Lipinski definition) is 3. The Bertz CT molecular complexity index is 162. The highest BCUT2D eigenvalue weighted by Gasteiger charge is 2.13. The summed E-state index contributed by atoms with van der Waals surface area (Å²) >= 11 is 0. The number of aliphatic hydroxyl groups is 1. The summed E-state index contributed by atoms with van der Waals surface area (Å²) in [6.07, 6.45) is 1.66. The maximum absolute atomic E-state index is 11.3. The minimum absolute atomic E-state index is 0.0309. The Morgan fingerprint density at radius 1 is 1.43 bits per heavy atom. The lowest BCUT2D eigenvalue weighted by molar-refractivity contribution is -0.122. The van der Waals surface area contributed by atoms with Gasteiger partial charge in [-0.3, -0.25) is 4.79 Å². The van der Waals surface area contributed by atoms with Crippen LogP contribution in [0.3, 0.4) is 0 Å². The first-order valence-corrected chi connectivity index (χ1v) is 5.26. The summed E-state index contributed by atoms with van der Waals surface area (Å²) < 4.78 is 0. The van der Waals surface area contributed by atoms with Crippen LogP contribution in [0, 0.1) is 0 Å². The summed E-state index contributed by atoms with van der Waals surface area (Å²) in [7, 11) is 0. The monoisotopic (exact) mass is 202 g/mol. The van der Waals surface area contributed by atoms with Gasteiger partial charge in [0.05, 0.1) is 6.04 Å². The van der Waals surface area contributed by atoms with Crippen LogP contribution in [-0.2, 0) is 4.79 Å². The van der Waals surface area contributed by atoms with Gasteiger partial charge in [0.2, 0.25) is 5.91 Å². The lowest BCUT2D eigenvalue weighted by Gasteiger charge is -2.18. The van der Waals surface area contributed by atoms with Gasteiger partial charge in [0.15, 0.2) is 0 Å². The van der Waals surface area contributed by atoms with E-state index in [-0.39, 0.29) is 24.6 Å². The molecule has 0 saturated heterocycles. The molecule has 0 aromatic heterocycles. The Hall–Kier alpha value is -0.610. The molecule has 0 saturated carbocycles. The quantitative estimate of drug-likeness (QED) is 0.555. The molecule has 0 aliphatic rings. The van der Waals surface area contributed by atoms with Crippen molar-refractivity contribution < 1.29 is 9.90 Å². The van der Waals surface area contributed by atoms with Crippen molar-refractivity contribution in [1.29, 1.82) is 0 Å². The minimum atomic E-state index is -0.163. The van der Waals surface area contributed by atoms with E-state index in [1.165, 1.54) is 0 Å². The van der Waals surface area contributed by atoms with Gasteiger partial charge in [0.25, 0.3) is 0 Å². The van der Waals surface area contributed by atoms with E-state index < -0.39 is 0 Å². The lowest BCUT2D eigenvalue weighted by atomic mass is 10.1. The first-order valence-electron chi connectivity index (χ1n) is 5.26. The van der Waals surface area contributed by atoms with E-state index in [0.717, 1.165) is 12.8 Å². The normalized spacial score (nSPS) is 14.9. The topological polar surface area (TPSA) is 61.4 Å². The fourth-order valence-electron chi connectivity index (χ4n) is 1.31. The van der Waals surface area contributed by atoms with Crippen LogP contribution in [0.4, 0.5) is 0 Å². The van der Waals surface area contributed by atoms with E-state index in [9.17, 15) is 4.79 Å². The van der Waals surface area contributed by atoms with Crippen LogP contribution in [0.25, 0.3) is 0 Å². The highest BCUT2D eigenvalue weighted by molar-refractivity contribution is 5.81. The molecule has 84 valence electrons. The van der Waals surface area contributed by atoms with Crippen LogP contribution < -0.4 is 10.6 Å². The van der Waals surface area contributed by atoms with Crippen molar-refractivity contribution in [3.8, 4) is 0 Å². The first kappa shape index (κ1) is 13.4. The molecule has 0 spiro atoms. The van der Waals surface area contributed by atoms with Crippen molar-refractivity contribution in [3.63, 3.8) is 0 Å². The molecule has 0 bridgehead atoms. The van der Waals surface area contributed by atoms with Gasteiger partial charge < -0.3 is 15.7 Å². The van der Waals surface area contributed by atoms with Gasteiger partial charge in [-0.2, -0.15) is 0 Å². The standard InChI is InChI=1S/C10H22N2O2/c1-4-11-10(14)9(3)12-8(2)6-5-7-13/h8-9,12-13H,4-7H2,1-3H3,(H,11,14). The maximum atomic E-state index is 11.3. The van der Waals surface area contributed by atoms with Crippen molar-refractivity contribution >= 4 is 5.91 Å². The molecule has 14 heavy (non-hydrogen) atoms. The number of hydrogen-bond acceptors (Lipinski definition) is 3. The van der Waals surface area contributed by atoms with E-state index in [0.29, 0.717) is 6.54 Å². The average molecular weight is 202 g/mol. The smallest absolute Gasteiger partial charge is 0.236 e. The van der Waals surface area contributed by atoms with Crippen LogP contribution in [0.1, 0.15) is 33.6 Å².